The predicted octanol–water partition coefficient (Wildman–Crippen LogP) is 2.32. The second-order valence-electron chi connectivity index (χ2n) is 4.87. The van der Waals surface area contributed by atoms with Crippen molar-refractivity contribution in [3.05, 3.63) is 35.5 Å². The van der Waals surface area contributed by atoms with Gasteiger partial charge < -0.3 is 9.47 Å². The first kappa shape index (κ1) is 13.6. The fourth-order valence-corrected chi connectivity index (χ4v) is 2.78. The fraction of sp³-hybridized carbons (Fsp3) is 0.467. The maximum atomic E-state index is 12.1. The van der Waals surface area contributed by atoms with Crippen molar-refractivity contribution in [2.24, 2.45) is 5.41 Å². The van der Waals surface area contributed by atoms with E-state index in [4.69, 9.17) is 9.47 Å². The Morgan fingerprint density at radius 3 is 2.42 bits per heavy atom. The van der Waals surface area contributed by atoms with E-state index in [1.165, 1.54) is 14.2 Å². The van der Waals surface area contributed by atoms with Crippen LogP contribution in [-0.4, -0.2) is 26.2 Å². The van der Waals surface area contributed by atoms with E-state index in [0.29, 0.717) is 12.8 Å². The molecule has 0 N–H and O–H groups in total. The molecule has 2 aliphatic carbocycles. The third kappa shape index (κ3) is 2.35. The van der Waals surface area contributed by atoms with Crippen LogP contribution in [0.1, 0.15) is 25.7 Å². The van der Waals surface area contributed by atoms with Gasteiger partial charge in [0.1, 0.15) is 0 Å². The van der Waals surface area contributed by atoms with Crippen molar-refractivity contribution in [3.63, 3.8) is 0 Å². The van der Waals surface area contributed by atoms with Gasteiger partial charge in [0.25, 0.3) is 0 Å². The number of ether oxygens (including phenoxy) is 2. The number of carbonyl (C=O) groups excluding carboxylic acids is 2. The van der Waals surface area contributed by atoms with Crippen LogP contribution in [0.2, 0.25) is 0 Å². The van der Waals surface area contributed by atoms with E-state index >= 15 is 0 Å². The van der Waals surface area contributed by atoms with Crippen molar-refractivity contribution in [2.75, 3.05) is 14.2 Å². The van der Waals surface area contributed by atoms with Crippen molar-refractivity contribution < 1.29 is 19.1 Å². The fourth-order valence-electron chi connectivity index (χ4n) is 2.78. The summed E-state index contributed by atoms with van der Waals surface area (Å²) in [6, 6.07) is 0. The maximum Gasteiger partial charge on any atom is 0.323 e. The molecule has 0 amide bonds. The highest BCUT2D eigenvalue weighted by atomic mass is 16.5. The van der Waals surface area contributed by atoms with Gasteiger partial charge in [-0.15, -0.1) is 0 Å². The second kappa shape index (κ2) is 5.43. The molecule has 0 unspecified atom stereocenters. The summed E-state index contributed by atoms with van der Waals surface area (Å²) in [5.74, 6) is -1.01. The van der Waals surface area contributed by atoms with Crippen molar-refractivity contribution in [1.29, 1.82) is 0 Å². The SMILES string of the molecule is COC(=O)C1(C(=O)OC)CC2=C(CC/C=C\C=C/2)C1. The Kier molecular flexibility index (Phi) is 3.88. The highest BCUT2D eigenvalue weighted by Gasteiger charge is 2.52. The Morgan fingerprint density at radius 1 is 1.11 bits per heavy atom. The van der Waals surface area contributed by atoms with E-state index in [1.807, 2.05) is 18.2 Å². The smallest absolute Gasteiger partial charge is 0.323 e. The third-order valence-electron chi connectivity index (χ3n) is 3.77. The summed E-state index contributed by atoms with van der Waals surface area (Å²) in [5.41, 5.74) is 1.01. The first-order valence-corrected chi connectivity index (χ1v) is 6.35. The minimum atomic E-state index is -1.19. The van der Waals surface area contributed by atoms with Crippen molar-refractivity contribution in [2.45, 2.75) is 25.7 Å². The van der Waals surface area contributed by atoms with Crippen LogP contribution in [-0.2, 0) is 19.1 Å². The van der Waals surface area contributed by atoms with Crippen LogP contribution in [0.4, 0.5) is 0 Å². The van der Waals surface area contributed by atoms with Crippen LogP contribution in [0.5, 0.6) is 0 Å². The normalized spacial score (nSPS) is 23.9. The molecule has 4 nitrogen and oxygen atoms in total. The van der Waals surface area contributed by atoms with Gasteiger partial charge in [0.2, 0.25) is 0 Å². The van der Waals surface area contributed by atoms with Crippen molar-refractivity contribution in [1.82, 2.24) is 0 Å². The number of allylic oxidation sites excluding steroid dienone is 6. The monoisotopic (exact) mass is 262 g/mol. The van der Waals surface area contributed by atoms with E-state index in [0.717, 1.165) is 24.0 Å². The van der Waals surface area contributed by atoms with Crippen LogP contribution in [0.25, 0.3) is 0 Å². The van der Waals surface area contributed by atoms with Gasteiger partial charge in [-0.05, 0) is 31.3 Å². The molecule has 0 fully saturated rings. The zero-order valence-electron chi connectivity index (χ0n) is 11.3. The predicted molar refractivity (Wildman–Crippen MR) is 70.2 cm³/mol. The lowest BCUT2D eigenvalue weighted by Crippen LogP contribution is -2.39. The summed E-state index contributed by atoms with van der Waals surface area (Å²) in [6.45, 7) is 0. The van der Waals surface area contributed by atoms with Gasteiger partial charge in [0, 0.05) is 0 Å². The van der Waals surface area contributed by atoms with Crippen LogP contribution in [0, 0.1) is 5.41 Å². The van der Waals surface area contributed by atoms with E-state index in [9.17, 15) is 9.59 Å². The molecule has 2 rings (SSSR count). The van der Waals surface area contributed by atoms with Crippen LogP contribution >= 0.6 is 0 Å². The standard InChI is InChI=1S/C15H18O4/c1-18-13(16)15(14(17)19-2)9-11-7-5-3-4-6-8-12(11)10-15/h3-5,7H,6,8-10H2,1-2H3/b4-3-,7-5-. The summed E-state index contributed by atoms with van der Waals surface area (Å²) in [7, 11) is 2.61. The van der Waals surface area contributed by atoms with E-state index in [-0.39, 0.29) is 0 Å². The van der Waals surface area contributed by atoms with Crippen molar-refractivity contribution >= 4 is 11.9 Å². The number of methoxy groups -OCH3 is 2. The first-order chi connectivity index (χ1) is 9.14. The first-order valence-electron chi connectivity index (χ1n) is 6.35. The average molecular weight is 262 g/mol. The Morgan fingerprint density at radius 2 is 1.79 bits per heavy atom. The van der Waals surface area contributed by atoms with Gasteiger partial charge in [-0.1, -0.05) is 29.9 Å². The quantitative estimate of drug-likeness (QED) is 0.566. The van der Waals surface area contributed by atoms with E-state index in [2.05, 4.69) is 6.08 Å². The molecular formula is C15H18O4. The molecule has 0 spiro atoms. The van der Waals surface area contributed by atoms with Gasteiger partial charge in [-0.2, -0.15) is 0 Å². The number of hydrogen-bond acceptors (Lipinski definition) is 4. The molecule has 0 aromatic rings. The second-order valence-corrected chi connectivity index (χ2v) is 4.87. The van der Waals surface area contributed by atoms with Crippen LogP contribution < -0.4 is 0 Å². The topological polar surface area (TPSA) is 52.6 Å². The number of hydrogen-bond donors (Lipinski definition) is 0. The minimum absolute atomic E-state index is 0.367. The van der Waals surface area contributed by atoms with Crippen LogP contribution in [0.15, 0.2) is 35.5 Å². The van der Waals surface area contributed by atoms with Gasteiger partial charge >= 0.3 is 11.9 Å². The number of rotatable bonds is 2. The molecule has 4 heteroatoms. The molecule has 0 saturated heterocycles. The summed E-state index contributed by atoms with van der Waals surface area (Å²) in [6.07, 6.45) is 10.5. The lowest BCUT2D eigenvalue weighted by atomic mass is 9.83. The van der Waals surface area contributed by atoms with E-state index in [1.54, 1.807) is 0 Å². The molecule has 0 aliphatic heterocycles. The van der Waals surface area contributed by atoms with Gasteiger partial charge in [0.05, 0.1) is 14.2 Å². The summed E-state index contributed by atoms with van der Waals surface area (Å²) in [4.78, 5) is 24.1. The average Bonchev–Trinajstić information content (AvgIpc) is 2.76. The lowest BCUT2D eigenvalue weighted by molar-refractivity contribution is -0.168. The largest absolute Gasteiger partial charge is 0.468 e. The molecule has 0 aromatic carbocycles. The number of esters is 2. The summed E-state index contributed by atoms with van der Waals surface area (Å²) in [5, 5.41) is 0. The van der Waals surface area contributed by atoms with Gasteiger partial charge in [-0.3, -0.25) is 9.59 Å². The van der Waals surface area contributed by atoms with E-state index < -0.39 is 17.4 Å². The third-order valence-corrected chi connectivity index (χ3v) is 3.77. The maximum absolute atomic E-state index is 12.1. The van der Waals surface area contributed by atoms with Gasteiger partial charge in [0.15, 0.2) is 5.41 Å². The molecule has 0 bridgehead atoms. The molecule has 19 heavy (non-hydrogen) atoms. The molecule has 0 aromatic heterocycles. The highest BCUT2D eigenvalue weighted by Crippen LogP contribution is 2.46. The molecule has 0 radical (unpaired) electrons. The Labute approximate surface area is 112 Å². The van der Waals surface area contributed by atoms with Gasteiger partial charge in [-0.25, -0.2) is 0 Å². The highest BCUT2D eigenvalue weighted by molar-refractivity contribution is 6.01. The molecular weight excluding hydrogens is 244 g/mol. The molecule has 0 heterocycles. The Bertz CT molecular complexity index is 466. The van der Waals surface area contributed by atoms with Crippen molar-refractivity contribution in [3.8, 4) is 0 Å². The summed E-state index contributed by atoms with van der Waals surface area (Å²) < 4.78 is 9.65. The zero-order valence-corrected chi connectivity index (χ0v) is 11.3. The Hall–Kier alpha value is -1.84. The molecule has 102 valence electrons. The lowest BCUT2D eigenvalue weighted by Gasteiger charge is -2.23. The molecule has 0 atom stereocenters. The zero-order chi connectivity index (χ0) is 13.9. The molecule has 0 saturated carbocycles. The minimum Gasteiger partial charge on any atom is -0.468 e. The number of carbonyl (C=O) groups is 2. The Balaban J connectivity index is 2.32. The molecule has 2 aliphatic rings. The van der Waals surface area contributed by atoms with Crippen LogP contribution in [0.3, 0.4) is 0 Å². The summed E-state index contributed by atoms with van der Waals surface area (Å²) >= 11 is 0.